The Kier molecular flexibility index (Phi) is 28.8. The zero-order chi connectivity index (χ0) is 22.9. The molecule has 2 amide bonds. The van der Waals surface area contributed by atoms with Crippen molar-refractivity contribution in [2.45, 2.75) is 26.2 Å². The average molecular weight is 694 g/mol. The third-order valence-corrected chi connectivity index (χ3v) is 3.23. The van der Waals surface area contributed by atoms with Gasteiger partial charge in [-0.2, -0.15) is 6.41 Å². The van der Waals surface area contributed by atoms with Crippen molar-refractivity contribution < 1.29 is 38.4 Å². The van der Waals surface area contributed by atoms with Gasteiger partial charge in [-0.05, 0) is 27.1 Å². The SMILES string of the molecule is CCCCN(C)C.O=[C-]NCC(=O)NCOCCOCCOCCOCCC(=O)O.[Fm]. The van der Waals surface area contributed by atoms with E-state index in [4.69, 9.17) is 24.1 Å². The fraction of sp³-hybridized carbons (Fsp3) is 0.842. The van der Waals surface area contributed by atoms with Gasteiger partial charge in [0.2, 0.25) is 5.91 Å². The van der Waals surface area contributed by atoms with Crippen LogP contribution in [0.2, 0.25) is 0 Å². The van der Waals surface area contributed by atoms with Gasteiger partial charge < -0.3 is 44.4 Å². The first-order valence-electron chi connectivity index (χ1n) is 9.98. The number of aliphatic carboxylic acids is 1. The quantitative estimate of drug-likeness (QED) is 0.0675. The zero-order valence-corrected chi connectivity index (χ0v) is 21.1. The number of ether oxygens (including phenoxy) is 4. The first kappa shape index (κ1) is 32.9. The maximum Gasteiger partial charge on any atom is 0.305 e. The Balaban J connectivity index is -0.000000840. The Morgan fingerprint density at radius 1 is 0.935 bits per heavy atom. The fourth-order valence-corrected chi connectivity index (χ4v) is 1.68. The van der Waals surface area contributed by atoms with Gasteiger partial charge in [0.25, 0.3) is 0 Å². The summed E-state index contributed by atoms with van der Waals surface area (Å²) in [6.45, 7) is 5.68. The molecule has 0 atom stereocenters. The van der Waals surface area contributed by atoms with Gasteiger partial charge in [0.15, 0.2) is 0 Å². The molecule has 0 radical (unpaired) electrons. The molecule has 0 bridgehead atoms. The number of rotatable bonds is 20. The number of carboxylic acid groups (broad SMARTS) is 1. The van der Waals surface area contributed by atoms with E-state index in [0.717, 1.165) is 0 Å². The van der Waals surface area contributed by atoms with E-state index in [2.05, 4.69) is 36.6 Å². The summed E-state index contributed by atoms with van der Waals surface area (Å²) in [5.74, 6) is -1.26. The van der Waals surface area contributed by atoms with Gasteiger partial charge in [-0.15, -0.1) is 0 Å². The number of hydrogen-bond acceptors (Lipinski definition) is 8. The van der Waals surface area contributed by atoms with E-state index in [-0.39, 0.29) is 32.2 Å². The number of unbranched alkanes of at least 4 members (excludes halogenated alkanes) is 1. The molecule has 11 nitrogen and oxygen atoms in total. The summed E-state index contributed by atoms with van der Waals surface area (Å²) in [4.78, 5) is 33.2. The summed E-state index contributed by atoms with van der Waals surface area (Å²) >= 11 is 0. The average Bonchev–Trinajstić information content (AvgIpc) is 2.71. The van der Waals surface area contributed by atoms with Gasteiger partial charge in [-0.3, -0.25) is 9.59 Å². The van der Waals surface area contributed by atoms with Gasteiger partial charge in [-0.25, -0.2) is 0 Å². The Morgan fingerprint density at radius 2 is 1.45 bits per heavy atom. The van der Waals surface area contributed by atoms with E-state index < -0.39 is 5.97 Å². The van der Waals surface area contributed by atoms with Crippen molar-refractivity contribution >= 4 is 18.3 Å². The van der Waals surface area contributed by atoms with Gasteiger partial charge in [0, 0.05) is 0 Å². The van der Waals surface area contributed by atoms with Crippen molar-refractivity contribution in [3.63, 3.8) is 0 Å². The maximum absolute atomic E-state index is 11.0. The first-order valence-corrected chi connectivity index (χ1v) is 9.98. The predicted octanol–water partition coefficient (Wildman–Crippen LogP) is -0.394. The van der Waals surface area contributed by atoms with Crippen LogP contribution in [0.25, 0.3) is 0 Å². The Hall–Kier alpha value is -2.79. The van der Waals surface area contributed by atoms with Crippen LogP contribution in [0.4, 0.5) is 0 Å². The second-order valence-electron chi connectivity index (χ2n) is 6.25. The minimum Gasteiger partial charge on any atom is -0.522 e. The van der Waals surface area contributed by atoms with Crippen LogP contribution in [0.5, 0.6) is 0 Å². The number of nitrogens with zero attached hydrogens (tertiary/aromatic N) is 1. The van der Waals surface area contributed by atoms with Crippen molar-refractivity contribution in [2.24, 2.45) is 0 Å². The Bertz CT molecular complexity index is 418. The summed E-state index contributed by atoms with van der Waals surface area (Å²) in [6.07, 6.45) is 4.00. The molecule has 0 spiro atoms. The number of amides is 2. The third kappa shape index (κ3) is 35.1. The van der Waals surface area contributed by atoms with E-state index in [9.17, 15) is 14.4 Å². The molecule has 0 unspecified atom stereocenters. The van der Waals surface area contributed by atoms with Crippen molar-refractivity contribution in [2.75, 3.05) is 80.2 Å². The number of hydrogen-bond donors (Lipinski definition) is 3. The van der Waals surface area contributed by atoms with E-state index in [1.54, 1.807) is 0 Å². The molecule has 0 fully saturated rings. The van der Waals surface area contributed by atoms with Crippen molar-refractivity contribution in [3.05, 3.63) is 0 Å². The predicted molar refractivity (Wildman–Crippen MR) is 111 cm³/mol. The van der Waals surface area contributed by atoms with Crippen LogP contribution < -0.4 is 10.6 Å². The molecule has 0 aromatic heterocycles. The largest absolute Gasteiger partial charge is 0.522 e. The Labute approximate surface area is 179 Å². The minimum atomic E-state index is -0.891. The van der Waals surface area contributed by atoms with E-state index in [1.807, 2.05) is 0 Å². The fourth-order valence-electron chi connectivity index (χ4n) is 1.68. The number of carbonyl (C=O) groups is 2. The smallest absolute Gasteiger partial charge is 0.305 e. The molecule has 0 rings (SSSR count). The molecular formula is C19H38FmN3O8-. The molecule has 0 aromatic rings. The van der Waals surface area contributed by atoms with E-state index in [1.165, 1.54) is 25.8 Å². The van der Waals surface area contributed by atoms with Crippen LogP contribution in [0.15, 0.2) is 0 Å². The van der Waals surface area contributed by atoms with Crippen molar-refractivity contribution in [3.8, 4) is 0 Å². The van der Waals surface area contributed by atoms with Gasteiger partial charge >= 0.3 is 5.97 Å². The van der Waals surface area contributed by atoms with Crippen LogP contribution in [0, 0.1) is 0 Å². The molecule has 0 aliphatic heterocycles. The summed E-state index contributed by atoms with van der Waals surface area (Å²) in [6, 6.07) is 0. The monoisotopic (exact) mass is 693 g/mol. The third-order valence-electron chi connectivity index (χ3n) is 3.23. The number of carboxylic acids is 1. The van der Waals surface area contributed by atoms with Crippen LogP contribution >= 0.6 is 0 Å². The normalized spacial score (nSPS) is 9.94. The van der Waals surface area contributed by atoms with Gasteiger partial charge in [0.1, 0.15) is 6.73 Å². The molecule has 12 heteroatoms. The van der Waals surface area contributed by atoms with Crippen LogP contribution in [-0.4, -0.2) is 108 Å². The van der Waals surface area contributed by atoms with Crippen molar-refractivity contribution in [1.29, 1.82) is 0 Å². The van der Waals surface area contributed by atoms with Gasteiger partial charge in [-0.1, -0.05) is 13.3 Å². The van der Waals surface area contributed by atoms with Crippen LogP contribution in [-0.2, 0) is 33.3 Å². The molecule has 0 aliphatic carbocycles. The van der Waals surface area contributed by atoms with E-state index in [0.29, 0.717) is 39.6 Å². The molecule has 0 heterocycles. The topological polar surface area (TPSA) is 136 Å². The van der Waals surface area contributed by atoms with Crippen LogP contribution in [0.3, 0.4) is 0 Å². The van der Waals surface area contributed by atoms with Crippen LogP contribution in [0.1, 0.15) is 26.2 Å². The molecule has 190 valence electrons. The summed E-state index contributed by atoms with van der Waals surface area (Å²) in [5, 5.41) is 12.9. The molecular weight excluding hydrogens is 655 g/mol. The summed E-state index contributed by atoms with van der Waals surface area (Å²) in [5.41, 5.74) is 0. The second-order valence-corrected chi connectivity index (χ2v) is 6.25. The molecule has 0 saturated heterocycles. The zero-order valence-electron chi connectivity index (χ0n) is 18.7. The summed E-state index contributed by atoms with van der Waals surface area (Å²) in [7, 11) is 4.21. The summed E-state index contributed by atoms with van der Waals surface area (Å²) < 4.78 is 20.5. The molecule has 0 saturated carbocycles. The maximum atomic E-state index is 11.0. The molecule has 0 aromatic carbocycles. The van der Waals surface area contributed by atoms with Gasteiger partial charge in [0.05, 0.1) is 59.2 Å². The first-order chi connectivity index (χ1) is 14.4. The minimum absolute atomic E-state index is 0. The van der Waals surface area contributed by atoms with Crippen molar-refractivity contribution in [1.82, 2.24) is 15.5 Å². The number of carbonyl (C=O) groups excluding carboxylic acids is 2. The van der Waals surface area contributed by atoms with E-state index >= 15 is 0 Å². The second kappa shape index (κ2) is 27.2. The Morgan fingerprint density at radius 3 is 1.87 bits per heavy atom. The molecule has 0 aliphatic rings. The number of nitrogens with one attached hydrogen (secondary N) is 2. The molecule has 3 N–H and O–H groups in total. The molecule has 31 heavy (non-hydrogen) atoms. The standard InChI is InChI=1S/C13H23N2O8.C6H15N.Fm/c16-10-14-9-12(17)15-11-23-8-7-22-6-5-21-4-3-20-2-1-13(18)19;1-4-5-6-7(2)3;/h1-9,11H2,(H,14,16)(H,15,17)(H,18,19);4-6H2,1-3H3;/q-1;;.